The minimum atomic E-state index is -0.132. The van der Waals surface area contributed by atoms with Gasteiger partial charge in [0.05, 0.1) is 14.2 Å². The predicted molar refractivity (Wildman–Crippen MR) is 181 cm³/mol. The van der Waals surface area contributed by atoms with Crippen molar-refractivity contribution in [2.75, 3.05) is 14.2 Å². The summed E-state index contributed by atoms with van der Waals surface area (Å²) in [5.74, 6) is 2.08. The molecule has 2 atom stereocenters. The molecule has 0 saturated carbocycles. The Morgan fingerprint density at radius 3 is 1.73 bits per heavy atom. The van der Waals surface area contributed by atoms with Crippen molar-refractivity contribution in [1.82, 2.24) is 0 Å². The predicted octanol–water partition coefficient (Wildman–Crippen LogP) is 8.92. The van der Waals surface area contributed by atoms with Gasteiger partial charge in [-0.3, -0.25) is 0 Å². The molecule has 0 fully saturated rings. The monoisotopic (exact) mass is 596 g/mol. The molecule has 5 nitrogen and oxygen atoms in total. The molecule has 0 amide bonds. The molecule has 5 heteroatoms. The second-order valence-electron chi connectivity index (χ2n) is 16.6. The summed E-state index contributed by atoms with van der Waals surface area (Å²) in [5, 5.41) is 12.4. The zero-order valence-corrected chi connectivity index (χ0v) is 28.9. The molecular weight excluding hydrogens is 544 g/mol. The molecule has 2 aliphatic carbocycles. The van der Waals surface area contributed by atoms with Gasteiger partial charge in [-0.1, -0.05) is 111 Å². The van der Waals surface area contributed by atoms with Gasteiger partial charge < -0.3 is 20.4 Å². The summed E-state index contributed by atoms with van der Waals surface area (Å²) in [4.78, 5) is 0. The fraction of sp³-hybridized carbons (Fsp3) is 0.513. The Morgan fingerprint density at radius 2 is 1.27 bits per heavy atom. The number of methoxy groups -OCH3 is 2. The van der Waals surface area contributed by atoms with Gasteiger partial charge in [-0.25, -0.2) is 0 Å². The lowest BCUT2D eigenvalue weighted by Gasteiger charge is -2.34. The highest BCUT2D eigenvalue weighted by atomic mass is 16.5. The summed E-state index contributed by atoms with van der Waals surface area (Å²) in [6.07, 6.45) is 2.08. The van der Waals surface area contributed by atoms with Crippen LogP contribution in [0.5, 0.6) is 11.5 Å². The molecule has 3 aromatic rings. The summed E-state index contributed by atoms with van der Waals surface area (Å²) in [6, 6.07) is 17.6. The third-order valence-corrected chi connectivity index (χ3v) is 10.3. The maximum atomic E-state index is 9.18. The third-order valence-electron chi connectivity index (χ3n) is 10.3. The van der Waals surface area contributed by atoms with Crippen molar-refractivity contribution in [2.45, 2.75) is 110 Å². The van der Waals surface area contributed by atoms with Crippen molar-refractivity contribution in [3.63, 3.8) is 0 Å². The Kier molecular flexibility index (Phi) is 7.47. The van der Waals surface area contributed by atoms with Crippen LogP contribution >= 0.6 is 0 Å². The highest BCUT2D eigenvalue weighted by Crippen LogP contribution is 2.65. The summed E-state index contributed by atoms with van der Waals surface area (Å²) in [5.41, 5.74) is 15.6. The number of rotatable bonds is 5. The summed E-state index contributed by atoms with van der Waals surface area (Å²) in [7, 11) is 3.60. The van der Waals surface area contributed by atoms with Gasteiger partial charge in [0.25, 0.3) is 0 Å². The van der Waals surface area contributed by atoms with Crippen molar-refractivity contribution in [2.24, 2.45) is 16.3 Å². The SMILES string of the molecule is COc1cc2c(cc1C(c1ccc(/C(N)=N/O)cc1)C(C)(C)C)C(C)(C)CC21CC(C)(C)c2cc(C(C)(C)C)c(OC)cc21. The van der Waals surface area contributed by atoms with Crippen molar-refractivity contribution >= 4 is 5.84 Å². The Bertz CT molecular complexity index is 1620. The summed E-state index contributed by atoms with van der Waals surface area (Å²) >= 11 is 0. The Labute approximate surface area is 264 Å². The van der Waals surface area contributed by atoms with E-state index in [-0.39, 0.29) is 38.8 Å². The third kappa shape index (κ3) is 4.97. The summed E-state index contributed by atoms with van der Waals surface area (Å²) in [6.45, 7) is 23.3. The van der Waals surface area contributed by atoms with Crippen LogP contribution in [-0.2, 0) is 21.7 Å². The molecule has 2 aliphatic rings. The van der Waals surface area contributed by atoms with E-state index in [0.29, 0.717) is 5.56 Å². The van der Waals surface area contributed by atoms with Crippen LogP contribution in [0, 0.1) is 5.41 Å². The van der Waals surface area contributed by atoms with Crippen molar-refractivity contribution in [1.29, 1.82) is 0 Å². The number of nitrogens with two attached hydrogens (primary N) is 1. The first-order valence-corrected chi connectivity index (χ1v) is 15.8. The van der Waals surface area contributed by atoms with Crippen LogP contribution in [0.15, 0.2) is 53.7 Å². The molecule has 5 rings (SSSR count). The number of nitrogens with zero attached hydrogens (tertiary/aromatic N) is 1. The zero-order valence-electron chi connectivity index (χ0n) is 28.9. The largest absolute Gasteiger partial charge is 0.496 e. The minimum Gasteiger partial charge on any atom is -0.496 e. The molecule has 1 spiro atoms. The standard InChI is InChI=1S/C39H52N2O3/c1-35(2,3)30-18-27-29(20-32(30)44-12)39(22-38(27,9)10)21-37(7,8)26-17-25(31(43-11)19-28(26)39)33(36(4,5)6)23-13-15-24(16-14-23)34(40)41-42/h13-20,33,42H,21-22H2,1-12H3,(H2,40,41). The molecule has 0 saturated heterocycles. The smallest absolute Gasteiger partial charge is 0.170 e. The minimum absolute atomic E-state index is 0.0145. The van der Waals surface area contributed by atoms with Crippen LogP contribution in [0.1, 0.15) is 133 Å². The fourth-order valence-corrected chi connectivity index (χ4v) is 8.58. The van der Waals surface area contributed by atoms with Crippen molar-refractivity contribution in [3.05, 3.63) is 93.0 Å². The Balaban J connectivity index is 1.75. The maximum absolute atomic E-state index is 9.18. The topological polar surface area (TPSA) is 77.1 Å². The van der Waals surface area contributed by atoms with Crippen molar-refractivity contribution in [3.8, 4) is 11.5 Å². The van der Waals surface area contributed by atoms with Crippen LogP contribution in [0.2, 0.25) is 0 Å². The van der Waals surface area contributed by atoms with E-state index in [1.54, 1.807) is 14.2 Å². The van der Waals surface area contributed by atoms with E-state index >= 15 is 0 Å². The van der Waals surface area contributed by atoms with Gasteiger partial charge in [0.15, 0.2) is 5.84 Å². The normalized spacial score (nSPS) is 21.2. The number of ether oxygens (including phenoxy) is 2. The molecule has 0 heterocycles. The van der Waals surface area contributed by atoms with Gasteiger partial charge in [-0.05, 0) is 80.0 Å². The van der Waals surface area contributed by atoms with E-state index < -0.39 is 0 Å². The van der Waals surface area contributed by atoms with E-state index in [1.165, 1.54) is 38.9 Å². The lowest BCUT2D eigenvalue weighted by molar-refractivity contribution is 0.318. The van der Waals surface area contributed by atoms with Gasteiger partial charge in [0, 0.05) is 22.5 Å². The summed E-state index contributed by atoms with van der Waals surface area (Å²) < 4.78 is 12.3. The first-order chi connectivity index (χ1) is 20.3. The van der Waals surface area contributed by atoms with Gasteiger partial charge >= 0.3 is 0 Å². The molecule has 3 aromatic carbocycles. The highest BCUT2D eigenvalue weighted by molar-refractivity contribution is 5.97. The van der Waals surface area contributed by atoms with E-state index in [4.69, 9.17) is 15.2 Å². The molecule has 0 aromatic heterocycles. The first kappa shape index (κ1) is 31.9. The molecule has 2 unspecified atom stereocenters. The lowest BCUT2D eigenvalue weighted by atomic mass is 9.70. The van der Waals surface area contributed by atoms with E-state index in [9.17, 15) is 5.21 Å². The van der Waals surface area contributed by atoms with Crippen LogP contribution in [0.4, 0.5) is 0 Å². The Morgan fingerprint density at radius 1 is 0.773 bits per heavy atom. The maximum Gasteiger partial charge on any atom is 0.170 e. The molecule has 0 radical (unpaired) electrons. The molecule has 0 aliphatic heterocycles. The van der Waals surface area contributed by atoms with E-state index in [2.05, 4.69) is 111 Å². The Hall–Kier alpha value is -3.47. The molecule has 0 bridgehead atoms. The van der Waals surface area contributed by atoms with E-state index in [1.807, 2.05) is 12.1 Å². The number of hydrogen-bond acceptors (Lipinski definition) is 4. The average Bonchev–Trinajstić information content (AvgIpc) is 3.29. The van der Waals surface area contributed by atoms with Gasteiger partial charge in [-0.2, -0.15) is 0 Å². The second-order valence-corrected chi connectivity index (χ2v) is 16.6. The van der Waals surface area contributed by atoms with Crippen molar-refractivity contribution < 1.29 is 14.7 Å². The number of fused-ring (bicyclic) bond motifs is 4. The lowest BCUT2D eigenvalue weighted by Crippen LogP contribution is -2.27. The number of hydrogen-bond donors (Lipinski definition) is 2. The number of amidine groups is 1. The zero-order chi connectivity index (χ0) is 32.6. The van der Waals surface area contributed by atoms with Crippen LogP contribution in [-0.4, -0.2) is 25.3 Å². The average molecular weight is 597 g/mol. The molecule has 44 heavy (non-hydrogen) atoms. The molecule has 236 valence electrons. The van der Waals surface area contributed by atoms with Crippen LogP contribution in [0.3, 0.4) is 0 Å². The van der Waals surface area contributed by atoms with Gasteiger partial charge in [0.2, 0.25) is 0 Å². The first-order valence-electron chi connectivity index (χ1n) is 15.8. The quantitative estimate of drug-likeness (QED) is 0.133. The molecule has 3 N–H and O–H groups in total. The van der Waals surface area contributed by atoms with E-state index in [0.717, 1.165) is 24.3 Å². The van der Waals surface area contributed by atoms with Crippen LogP contribution in [0.25, 0.3) is 0 Å². The van der Waals surface area contributed by atoms with Gasteiger partial charge in [0.1, 0.15) is 11.5 Å². The van der Waals surface area contributed by atoms with Gasteiger partial charge in [-0.15, -0.1) is 0 Å². The number of oxime groups is 1. The van der Waals surface area contributed by atoms with Crippen LogP contribution < -0.4 is 15.2 Å². The molecular formula is C39H52N2O3. The fourth-order valence-electron chi connectivity index (χ4n) is 8.58. The highest BCUT2D eigenvalue weighted by Gasteiger charge is 2.57. The second kappa shape index (κ2) is 10.3. The number of benzene rings is 3.